The van der Waals surface area contributed by atoms with Crippen molar-refractivity contribution >= 4 is 0 Å². The van der Waals surface area contributed by atoms with Crippen LogP contribution >= 0.6 is 0 Å². The number of hydrogen-bond donors (Lipinski definition) is 1. The minimum atomic E-state index is -0.804. The van der Waals surface area contributed by atoms with Crippen LogP contribution in [0.1, 0.15) is 23.7 Å². The van der Waals surface area contributed by atoms with E-state index in [2.05, 4.69) is 6.07 Å². The van der Waals surface area contributed by atoms with E-state index in [1.165, 1.54) is 0 Å². The Hall–Kier alpha value is -1.41. The van der Waals surface area contributed by atoms with E-state index in [1.807, 2.05) is 24.3 Å². The molecule has 0 saturated carbocycles. The fourth-order valence-corrected chi connectivity index (χ4v) is 2.23. The molecule has 0 aromatic heterocycles. The molecule has 4 heteroatoms. The van der Waals surface area contributed by atoms with Gasteiger partial charge in [-0.2, -0.15) is 5.26 Å². The molecule has 0 bridgehead atoms. The third kappa shape index (κ3) is 2.39. The Morgan fingerprint density at radius 3 is 2.72 bits per heavy atom. The van der Waals surface area contributed by atoms with Crippen molar-refractivity contribution < 1.29 is 14.6 Å². The number of hydrogen-bond acceptors (Lipinski definition) is 4. The van der Waals surface area contributed by atoms with Crippen LogP contribution in [0.4, 0.5) is 0 Å². The summed E-state index contributed by atoms with van der Waals surface area (Å²) in [6, 6.07) is 9.71. The molecule has 0 radical (unpaired) electrons. The summed E-state index contributed by atoms with van der Waals surface area (Å²) in [4.78, 5) is 0. The smallest absolute Gasteiger partial charge is 0.113 e. The van der Waals surface area contributed by atoms with Gasteiger partial charge in [-0.3, -0.25) is 0 Å². The summed E-state index contributed by atoms with van der Waals surface area (Å²) in [5.41, 5.74) is 0.993. The average Bonchev–Trinajstić information content (AvgIpc) is 2.89. The predicted molar refractivity (Wildman–Crippen MR) is 65.6 cm³/mol. The molecule has 96 valence electrons. The van der Waals surface area contributed by atoms with E-state index >= 15 is 0 Å². The van der Waals surface area contributed by atoms with Crippen LogP contribution in [0.15, 0.2) is 24.3 Å². The highest BCUT2D eigenvalue weighted by molar-refractivity contribution is 5.27. The van der Waals surface area contributed by atoms with Crippen LogP contribution in [0.3, 0.4) is 0 Å². The molecular formula is C14H17NO3. The second-order valence-corrected chi connectivity index (χ2v) is 4.65. The molecule has 1 N–H and O–H groups in total. The molecule has 1 fully saturated rings. The van der Waals surface area contributed by atoms with Crippen molar-refractivity contribution in [2.75, 3.05) is 20.3 Å². The monoisotopic (exact) mass is 247 g/mol. The molecule has 2 unspecified atom stereocenters. The van der Waals surface area contributed by atoms with Gasteiger partial charge in [-0.25, -0.2) is 0 Å². The predicted octanol–water partition coefficient (Wildman–Crippen LogP) is 1.80. The fourth-order valence-electron chi connectivity index (χ4n) is 2.23. The van der Waals surface area contributed by atoms with E-state index < -0.39 is 11.5 Å². The highest BCUT2D eigenvalue weighted by Crippen LogP contribution is 2.40. The van der Waals surface area contributed by atoms with Gasteiger partial charge in [-0.1, -0.05) is 24.3 Å². The standard InChI is InChI=1S/C14H17NO3/c1-17-8-11-2-4-12(5-3-11)13(16)14(9-15)6-7-18-10-14/h2-5,13,16H,6-8,10H2,1H3. The first-order valence-electron chi connectivity index (χ1n) is 5.97. The lowest BCUT2D eigenvalue weighted by atomic mass is 9.79. The van der Waals surface area contributed by atoms with Crippen LogP contribution < -0.4 is 0 Å². The number of benzene rings is 1. The Morgan fingerprint density at radius 1 is 1.50 bits per heavy atom. The molecule has 1 heterocycles. The summed E-state index contributed by atoms with van der Waals surface area (Å²) in [5, 5.41) is 19.6. The molecule has 1 aromatic rings. The van der Waals surface area contributed by atoms with Crippen molar-refractivity contribution in [3.8, 4) is 6.07 Å². The van der Waals surface area contributed by atoms with Gasteiger partial charge in [-0.05, 0) is 17.5 Å². The van der Waals surface area contributed by atoms with Gasteiger partial charge in [-0.15, -0.1) is 0 Å². The fraction of sp³-hybridized carbons (Fsp3) is 0.500. The molecule has 1 aliphatic heterocycles. The van der Waals surface area contributed by atoms with Gasteiger partial charge >= 0.3 is 0 Å². The van der Waals surface area contributed by atoms with Gasteiger partial charge in [0, 0.05) is 13.7 Å². The van der Waals surface area contributed by atoms with Crippen LogP contribution in [0, 0.1) is 16.7 Å². The summed E-state index contributed by atoms with van der Waals surface area (Å²) >= 11 is 0. The molecule has 2 rings (SSSR count). The van der Waals surface area contributed by atoms with Gasteiger partial charge in [0.05, 0.1) is 25.4 Å². The minimum Gasteiger partial charge on any atom is -0.387 e. The Morgan fingerprint density at radius 2 is 2.22 bits per heavy atom. The van der Waals surface area contributed by atoms with E-state index in [-0.39, 0.29) is 0 Å². The number of nitrogens with zero attached hydrogens (tertiary/aromatic N) is 1. The summed E-state index contributed by atoms with van der Waals surface area (Å²) in [5.74, 6) is 0. The molecule has 4 nitrogen and oxygen atoms in total. The lowest BCUT2D eigenvalue weighted by molar-refractivity contribution is 0.0503. The van der Waals surface area contributed by atoms with Crippen LogP contribution in [0.25, 0.3) is 0 Å². The molecule has 0 aliphatic carbocycles. The van der Waals surface area contributed by atoms with Crippen LogP contribution in [-0.4, -0.2) is 25.4 Å². The largest absolute Gasteiger partial charge is 0.387 e. The number of aliphatic hydroxyl groups excluding tert-OH is 1. The third-order valence-electron chi connectivity index (χ3n) is 3.40. The second kappa shape index (κ2) is 5.49. The van der Waals surface area contributed by atoms with Gasteiger partial charge in [0.2, 0.25) is 0 Å². The number of rotatable bonds is 4. The number of aliphatic hydroxyl groups is 1. The van der Waals surface area contributed by atoms with Crippen LogP contribution in [-0.2, 0) is 16.1 Å². The first kappa shape index (κ1) is 13.0. The maximum Gasteiger partial charge on any atom is 0.113 e. The van der Waals surface area contributed by atoms with Crippen molar-refractivity contribution in [3.05, 3.63) is 35.4 Å². The van der Waals surface area contributed by atoms with Crippen molar-refractivity contribution in [3.63, 3.8) is 0 Å². The zero-order chi connectivity index (χ0) is 13.0. The van der Waals surface area contributed by atoms with E-state index in [4.69, 9.17) is 9.47 Å². The Labute approximate surface area is 107 Å². The average molecular weight is 247 g/mol. The lowest BCUT2D eigenvalue weighted by Gasteiger charge is -2.25. The topological polar surface area (TPSA) is 62.5 Å². The van der Waals surface area contributed by atoms with Gasteiger partial charge in [0.25, 0.3) is 0 Å². The second-order valence-electron chi connectivity index (χ2n) is 4.65. The molecule has 0 spiro atoms. The Bertz CT molecular complexity index is 429. The van der Waals surface area contributed by atoms with Crippen LogP contribution in [0.2, 0.25) is 0 Å². The maximum atomic E-state index is 10.4. The van der Waals surface area contributed by atoms with Crippen LogP contribution in [0.5, 0.6) is 0 Å². The molecule has 2 atom stereocenters. The molecule has 1 aromatic carbocycles. The maximum absolute atomic E-state index is 10.4. The zero-order valence-electron chi connectivity index (χ0n) is 10.4. The summed E-state index contributed by atoms with van der Waals surface area (Å²) < 4.78 is 10.3. The number of nitriles is 1. The van der Waals surface area contributed by atoms with Gasteiger partial charge in [0.15, 0.2) is 0 Å². The normalized spacial score (nSPS) is 24.7. The highest BCUT2D eigenvalue weighted by atomic mass is 16.5. The minimum absolute atomic E-state index is 0.296. The number of methoxy groups -OCH3 is 1. The van der Waals surface area contributed by atoms with Crippen molar-refractivity contribution in [2.45, 2.75) is 19.1 Å². The van der Waals surface area contributed by atoms with Crippen molar-refractivity contribution in [1.82, 2.24) is 0 Å². The van der Waals surface area contributed by atoms with E-state index in [0.717, 1.165) is 11.1 Å². The van der Waals surface area contributed by atoms with Crippen molar-refractivity contribution in [1.29, 1.82) is 5.26 Å². The first-order chi connectivity index (χ1) is 8.72. The molecule has 1 saturated heterocycles. The quantitative estimate of drug-likeness (QED) is 0.881. The first-order valence-corrected chi connectivity index (χ1v) is 5.97. The summed E-state index contributed by atoms with van der Waals surface area (Å²) in [6.45, 7) is 1.37. The zero-order valence-corrected chi connectivity index (χ0v) is 10.4. The Balaban J connectivity index is 2.18. The Kier molecular flexibility index (Phi) is 3.97. The molecule has 18 heavy (non-hydrogen) atoms. The third-order valence-corrected chi connectivity index (χ3v) is 3.40. The lowest BCUT2D eigenvalue weighted by Crippen LogP contribution is -2.27. The SMILES string of the molecule is COCc1ccc(C(O)C2(C#N)CCOC2)cc1. The van der Waals surface area contributed by atoms with Gasteiger partial charge in [0.1, 0.15) is 5.41 Å². The highest BCUT2D eigenvalue weighted by Gasteiger charge is 2.42. The van der Waals surface area contributed by atoms with E-state index in [1.54, 1.807) is 7.11 Å². The molecule has 0 amide bonds. The summed E-state index contributed by atoms with van der Waals surface area (Å²) in [6.07, 6.45) is -0.230. The summed E-state index contributed by atoms with van der Waals surface area (Å²) in [7, 11) is 1.64. The van der Waals surface area contributed by atoms with E-state index in [0.29, 0.717) is 26.2 Å². The molecule has 1 aliphatic rings. The number of ether oxygens (including phenoxy) is 2. The molecular weight excluding hydrogens is 230 g/mol. The van der Waals surface area contributed by atoms with E-state index in [9.17, 15) is 10.4 Å². The van der Waals surface area contributed by atoms with Gasteiger partial charge < -0.3 is 14.6 Å². The van der Waals surface area contributed by atoms with Crippen molar-refractivity contribution in [2.24, 2.45) is 5.41 Å².